The van der Waals surface area contributed by atoms with Gasteiger partial charge in [0.05, 0.1) is 0 Å². The second-order valence-corrected chi connectivity index (χ2v) is 10.4. The lowest BCUT2D eigenvalue weighted by atomic mass is 9.98. The van der Waals surface area contributed by atoms with E-state index in [9.17, 15) is 8.42 Å². The van der Waals surface area contributed by atoms with Crippen LogP contribution in [0.5, 0.6) is 0 Å². The number of hydrogen-bond donors (Lipinski definition) is 1. The normalized spacial score (nSPS) is 16.6. The molecule has 0 saturated carbocycles. The largest absolute Gasteiger partial charge is 0.295 e. The third-order valence-electron chi connectivity index (χ3n) is 5.48. The first kappa shape index (κ1) is 19.6. The molecule has 0 aliphatic carbocycles. The molecule has 3 aromatic rings. The second kappa shape index (κ2) is 8.33. The van der Waals surface area contributed by atoms with Gasteiger partial charge < -0.3 is 0 Å². The van der Waals surface area contributed by atoms with Gasteiger partial charge in [-0.3, -0.25) is 4.90 Å². The first-order chi connectivity index (χ1) is 13.6. The van der Waals surface area contributed by atoms with Gasteiger partial charge in [0.1, 0.15) is 4.21 Å². The molecule has 2 heterocycles. The van der Waals surface area contributed by atoms with Crippen LogP contribution in [-0.2, 0) is 16.4 Å². The van der Waals surface area contributed by atoms with E-state index in [2.05, 4.69) is 46.0 Å². The summed E-state index contributed by atoms with van der Waals surface area (Å²) in [6, 6.07) is 18.3. The number of nitrogens with one attached hydrogen (secondary N) is 1. The number of thiophene rings is 1. The number of sulfonamides is 1. The summed E-state index contributed by atoms with van der Waals surface area (Å²) < 4.78 is 29.0. The highest BCUT2D eigenvalue weighted by Gasteiger charge is 2.27. The van der Waals surface area contributed by atoms with Gasteiger partial charge in [0, 0.05) is 17.5 Å². The van der Waals surface area contributed by atoms with Crippen LogP contribution >= 0.6 is 11.3 Å². The molecular weight excluding hydrogens is 388 g/mol. The van der Waals surface area contributed by atoms with E-state index in [0.29, 0.717) is 10.8 Å². The van der Waals surface area contributed by atoms with Gasteiger partial charge in [0.25, 0.3) is 0 Å². The average Bonchev–Trinajstić information content (AvgIpc) is 3.40. The third kappa shape index (κ3) is 4.01. The first-order valence-corrected chi connectivity index (χ1v) is 12.2. The van der Waals surface area contributed by atoms with E-state index < -0.39 is 10.0 Å². The van der Waals surface area contributed by atoms with Crippen molar-refractivity contribution >= 4 is 32.1 Å². The number of nitrogens with zero attached hydrogens (tertiary/aromatic N) is 1. The summed E-state index contributed by atoms with van der Waals surface area (Å²) in [5.74, 6) is 0. The van der Waals surface area contributed by atoms with Gasteiger partial charge in [-0.15, -0.1) is 11.3 Å². The monoisotopic (exact) mass is 414 g/mol. The average molecular weight is 415 g/mol. The second-order valence-electron chi connectivity index (χ2n) is 7.25. The van der Waals surface area contributed by atoms with Crippen molar-refractivity contribution in [1.29, 1.82) is 0 Å². The molecule has 2 aromatic carbocycles. The lowest BCUT2D eigenvalue weighted by Crippen LogP contribution is -2.36. The summed E-state index contributed by atoms with van der Waals surface area (Å²) in [5, 5.41) is 2.39. The summed E-state index contributed by atoms with van der Waals surface area (Å²) in [7, 11) is -3.49. The quantitative estimate of drug-likeness (QED) is 0.616. The smallest absolute Gasteiger partial charge is 0.250 e. The van der Waals surface area contributed by atoms with E-state index in [1.54, 1.807) is 6.07 Å². The number of rotatable bonds is 7. The number of benzene rings is 2. The Morgan fingerprint density at radius 2 is 1.79 bits per heavy atom. The van der Waals surface area contributed by atoms with Crippen LogP contribution < -0.4 is 4.72 Å². The van der Waals surface area contributed by atoms with E-state index in [-0.39, 0.29) is 6.04 Å². The summed E-state index contributed by atoms with van der Waals surface area (Å²) in [6.07, 6.45) is 3.18. The van der Waals surface area contributed by atoms with Gasteiger partial charge in [0.15, 0.2) is 0 Å². The van der Waals surface area contributed by atoms with Crippen LogP contribution in [0.2, 0.25) is 0 Å². The zero-order valence-corrected chi connectivity index (χ0v) is 17.7. The lowest BCUT2D eigenvalue weighted by Gasteiger charge is -2.29. The van der Waals surface area contributed by atoms with E-state index in [1.165, 1.54) is 40.5 Å². The molecule has 4 rings (SSSR count). The first-order valence-electron chi connectivity index (χ1n) is 9.88. The Labute approximate surface area is 171 Å². The number of likely N-dealkylation sites (tertiary alicyclic amines) is 1. The van der Waals surface area contributed by atoms with Gasteiger partial charge in [-0.1, -0.05) is 49.4 Å². The Bertz CT molecular complexity index is 1050. The summed E-state index contributed by atoms with van der Waals surface area (Å²) in [5.41, 5.74) is 1.20. The van der Waals surface area contributed by atoms with Crippen LogP contribution in [0.25, 0.3) is 10.8 Å². The van der Waals surface area contributed by atoms with Gasteiger partial charge >= 0.3 is 0 Å². The Kier molecular flexibility index (Phi) is 5.83. The fraction of sp³-hybridized carbons (Fsp3) is 0.364. The minimum Gasteiger partial charge on any atom is -0.295 e. The Morgan fingerprint density at radius 1 is 1.04 bits per heavy atom. The topological polar surface area (TPSA) is 49.4 Å². The predicted molar refractivity (Wildman–Crippen MR) is 116 cm³/mol. The molecule has 4 nitrogen and oxygen atoms in total. The van der Waals surface area contributed by atoms with Crippen LogP contribution in [0.15, 0.2) is 58.8 Å². The standard InChI is InChI=1S/C22H26N2O2S2/c1-2-18-12-13-22(27-18)28(25,26)23-16-21(24-14-5-6-15-24)20-11-7-9-17-8-3-4-10-19(17)20/h3-4,7-13,21,23H,2,5-6,14-16H2,1H3/t21-/m0/s1. The molecule has 1 atom stereocenters. The van der Waals surface area contributed by atoms with Crippen molar-refractivity contribution in [1.82, 2.24) is 9.62 Å². The predicted octanol–water partition coefficient (Wildman–Crippen LogP) is 4.58. The number of fused-ring (bicyclic) bond motifs is 1. The molecule has 28 heavy (non-hydrogen) atoms. The fourth-order valence-electron chi connectivity index (χ4n) is 3.98. The number of aryl methyl sites for hydroxylation is 1. The van der Waals surface area contributed by atoms with Crippen molar-refractivity contribution in [3.63, 3.8) is 0 Å². The highest BCUT2D eigenvalue weighted by atomic mass is 32.2. The van der Waals surface area contributed by atoms with Crippen molar-refractivity contribution < 1.29 is 8.42 Å². The highest BCUT2D eigenvalue weighted by Crippen LogP contribution is 2.31. The Balaban J connectivity index is 1.63. The van der Waals surface area contributed by atoms with Gasteiger partial charge in [0.2, 0.25) is 10.0 Å². The fourth-order valence-corrected chi connectivity index (χ4v) is 6.36. The van der Waals surface area contributed by atoms with Crippen LogP contribution in [-0.4, -0.2) is 33.0 Å². The molecule has 1 N–H and O–H groups in total. The highest BCUT2D eigenvalue weighted by molar-refractivity contribution is 7.91. The molecule has 148 valence electrons. The summed E-state index contributed by atoms with van der Waals surface area (Å²) in [6.45, 7) is 4.44. The zero-order valence-electron chi connectivity index (χ0n) is 16.1. The van der Waals surface area contributed by atoms with Crippen molar-refractivity contribution in [2.75, 3.05) is 19.6 Å². The molecular formula is C22H26N2O2S2. The third-order valence-corrected chi connectivity index (χ3v) is 8.63. The molecule has 0 spiro atoms. The molecule has 0 radical (unpaired) electrons. The minimum atomic E-state index is -3.49. The molecule has 1 aromatic heterocycles. The maximum atomic E-state index is 12.9. The molecule has 6 heteroatoms. The number of hydrogen-bond acceptors (Lipinski definition) is 4. The zero-order chi connectivity index (χ0) is 19.6. The molecule has 1 fully saturated rings. The lowest BCUT2D eigenvalue weighted by molar-refractivity contribution is 0.248. The molecule has 1 saturated heterocycles. The van der Waals surface area contributed by atoms with Crippen LogP contribution in [0.1, 0.15) is 36.2 Å². The van der Waals surface area contributed by atoms with Crippen LogP contribution in [0.3, 0.4) is 0 Å². The maximum Gasteiger partial charge on any atom is 0.250 e. The van der Waals surface area contributed by atoms with Crippen molar-refractivity contribution in [2.45, 2.75) is 36.4 Å². The maximum absolute atomic E-state index is 12.9. The van der Waals surface area contributed by atoms with Crippen molar-refractivity contribution in [2.24, 2.45) is 0 Å². The van der Waals surface area contributed by atoms with Gasteiger partial charge in [-0.25, -0.2) is 13.1 Å². The molecule has 0 amide bonds. The van der Waals surface area contributed by atoms with Crippen LogP contribution in [0.4, 0.5) is 0 Å². The van der Waals surface area contributed by atoms with Crippen LogP contribution in [0, 0.1) is 0 Å². The van der Waals surface area contributed by atoms with Gasteiger partial charge in [-0.2, -0.15) is 0 Å². The molecule has 0 bridgehead atoms. The van der Waals surface area contributed by atoms with E-state index in [1.807, 2.05) is 19.1 Å². The Morgan fingerprint density at radius 3 is 2.54 bits per heavy atom. The molecule has 0 unspecified atom stereocenters. The van der Waals surface area contributed by atoms with E-state index in [0.717, 1.165) is 24.4 Å². The van der Waals surface area contributed by atoms with Gasteiger partial charge in [-0.05, 0) is 60.8 Å². The van der Waals surface area contributed by atoms with Crippen molar-refractivity contribution in [3.8, 4) is 0 Å². The SMILES string of the molecule is CCc1ccc(S(=O)(=O)NC[C@@H](c2cccc3ccccc23)N2CCCC2)s1. The summed E-state index contributed by atoms with van der Waals surface area (Å²) >= 11 is 1.36. The minimum absolute atomic E-state index is 0.0361. The summed E-state index contributed by atoms with van der Waals surface area (Å²) in [4.78, 5) is 3.50. The van der Waals surface area contributed by atoms with Crippen molar-refractivity contribution in [3.05, 3.63) is 65.0 Å². The molecule has 1 aliphatic rings. The Hall–Kier alpha value is -1.73. The van der Waals surface area contributed by atoms with E-state index >= 15 is 0 Å². The van der Waals surface area contributed by atoms with E-state index in [4.69, 9.17) is 0 Å². The molecule has 1 aliphatic heterocycles.